The van der Waals surface area contributed by atoms with E-state index in [4.69, 9.17) is 5.11 Å². The second kappa shape index (κ2) is 5.98. The quantitative estimate of drug-likeness (QED) is 0.756. The maximum atomic E-state index is 12.1. The molecule has 96 valence electrons. The largest absolute Gasteiger partial charge is 0.395 e. The number of Topliss-reactive ketones (excluding diaryl/α,β-unsaturated/α-hetero) is 1. The number of nitrogens with zero attached hydrogens (tertiary/aromatic N) is 2. The Labute approximate surface area is 103 Å². The van der Waals surface area contributed by atoms with Crippen LogP contribution < -0.4 is 0 Å². The van der Waals surface area contributed by atoms with Crippen LogP contribution in [0.15, 0.2) is 6.07 Å². The Balaban J connectivity index is 2.79. The first-order valence-corrected chi connectivity index (χ1v) is 6.00. The van der Waals surface area contributed by atoms with E-state index < -0.39 is 0 Å². The van der Waals surface area contributed by atoms with Crippen LogP contribution in [0.5, 0.6) is 0 Å². The highest BCUT2D eigenvalue weighted by atomic mass is 16.3. The fourth-order valence-electron chi connectivity index (χ4n) is 1.92. The van der Waals surface area contributed by atoms with Crippen LogP contribution >= 0.6 is 0 Å². The van der Waals surface area contributed by atoms with Gasteiger partial charge in [0.15, 0.2) is 5.78 Å². The average Bonchev–Trinajstić information content (AvgIpc) is 2.56. The number of hydrogen-bond donors (Lipinski definition) is 1. The molecule has 0 saturated heterocycles. The molecule has 0 aliphatic carbocycles. The van der Waals surface area contributed by atoms with Gasteiger partial charge >= 0.3 is 0 Å². The van der Waals surface area contributed by atoms with Gasteiger partial charge in [0.2, 0.25) is 0 Å². The molecule has 0 aliphatic rings. The van der Waals surface area contributed by atoms with E-state index in [2.05, 4.69) is 0 Å². The highest BCUT2D eigenvalue weighted by molar-refractivity contribution is 5.99. The molecule has 1 rings (SSSR count). The SMILES string of the molecule is CCN(CCO)CC(=O)c1cc(C)n(C)c1C. The molecular weight excluding hydrogens is 216 g/mol. The van der Waals surface area contributed by atoms with Crippen LogP contribution in [0.2, 0.25) is 0 Å². The summed E-state index contributed by atoms with van der Waals surface area (Å²) in [6.07, 6.45) is 0. The first-order valence-electron chi connectivity index (χ1n) is 6.00. The van der Waals surface area contributed by atoms with Crippen LogP contribution in [0.3, 0.4) is 0 Å². The summed E-state index contributed by atoms with van der Waals surface area (Å²) in [7, 11) is 1.97. The average molecular weight is 238 g/mol. The summed E-state index contributed by atoms with van der Waals surface area (Å²) in [6, 6.07) is 1.93. The van der Waals surface area contributed by atoms with E-state index in [0.29, 0.717) is 13.1 Å². The minimum Gasteiger partial charge on any atom is -0.395 e. The third kappa shape index (κ3) is 3.17. The molecule has 17 heavy (non-hydrogen) atoms. The number of aryl methyl sites for hydroxylation is 1. The molecule has 0 spiro atoms. The second-order valence-electron chi connectivity index (χ2n) is 4.36. The maximum Gasteiger partial charge on any atom is 0.178 e. The molecule has 0 bridgehead atoms. The summed E-state index contributed by atoms with van der Waals surface area (Å²) in [5.41, 5.74) is 2.89. The van der Waals surface area contributed by atoms with Gasteiger partial charge in [0.1, 0.15) is 0 Å². The Kier molecular flexibility index (Phi) is 4.90. The molecule has 0 unspecified atom stereocenters. The Morgan fingerprint density at radius 2 is 2.12 bits per heavy atom. The Bertz CT molecular complexity index is 396. The number of likely N-dealkylation sites (N-methyl/N-ethyl adjacent to an activating group) is 1. The van der Waals surface area contributed by atoms with Crippen LogP contribution in [0.25, 0.3) is 0 Å². The topological polar surface area (TPSA) is 45.5 Å². The minimum absolute atomic E-state index is 0.0912. The van der Waals surface area contributed by atoms with Gasteiger partial charge in [-0.15, -0.1) is 0 Å². The summed E-state index contributed by atoms with van der Waals surface area (Å²) in [4.78, 5) is 14.1. The van der Waals surface area contributed by atoms with Crippen molar-refractivity contribution in [3.8, 4) is 0 Å². The Morgan fingerprint density at radius 3 is 2.53 bits per heavy atom. The number of hydrogen-bond acceptors (Lipinski definition) is 3. The standard InChI is InChI=1S/C13H22N2O2/c1-5-15(6-7-16)9-13(17)12-8-10(2)14(4)11(12)3/h8,16H,5-7,9H2,1-4H3. The van der Waals surface area contributed by atoms with Crippen molar-refractivity contribution in [3.05, 3.63) is 23.0 Å². The van der Waals surface area contributed by atoms with E-state index in [1.807, 2.05) is 43.4 Å². The van der Waals surface area contributed by atoms with Crippen molar-refractivity contribution < 1.29 is 9.90 Å². The van der Waals surface area contributed by atoms with Crippen LogP contribution in [0.4, 0.5) is 0 Å². The second-order valence-corrected chi connectivity index (χ2v) is 4.36. The van der Waals surface area contributed by atoms with Crippen molar-refractivity contribution in [1.82, 2.24) is 9.47 Å². The zero-order chi connectivity index (χ0) is 13.0. The van der Waals surface area contributed by atoms with Gasteiger partial charge in [0, 0.05) is 30.5 Å². The first kappa shape index (κ1) is 13.9. The van der Waals surface area contributed by atoms with Crippen molar-refractivity contribution in [2.75, 3.05) is 26.2 Å². The number of carbonyl (C=O) groups is 1. The third-order valence-electron chi connectivity index (χ3n) is 3.31. The third-order valence-corrected chi connectivity index (χ3v) is 3.31. The van der Waals surface area contributed by atoms with Gasteiger partial charge in [0.25, 0.3) is 0 Å². The van der Waals surface area contributed by atoms with Gasteiger partial charge in [-0.05, 0) is 26.5 Å². The monoisotopic (exact) mass is 238 g/mol. The molecule has 1 N–H and O–H groups in total. The number of aromatic nitrogens is 1. The van der Waals surface area contributed by atoms with Crippen molar-refractivity contribution in [3.63, 3.8) is 0 Å². The van der Waals surface area contributed by atoms with Crippen molar-refractivity contribution in [2.24, 2.45) is 7.05 Å². The molecule has 0 atom stereocenters. The molecular formula is C13H22N2O2. The molecule has 1 aromatic rings. The van der Waals surface area contributed by atoms with Gasteiger partial charge in [-0.3, -0.25) is 9.69 Å². The lowest BCUT2D eigenvalue weighted by Crippen LogP contribution is -2.32. The maximum absolute atomic E-state index is 12.1. The summed E-state index contributed by atoms with van der Waals surface area (Å²) in [5, 5.41) is 8.90. The molecule has 0 aliphatic heterocycles. The summed E-state index contributed by atoms with van der Waals surface area (Å²) < 4.78 is 2.02. The Hall–Kier alpha value is -1.13. The molecule has 0 amide bonds. The Morgan fingerprint density at radius 1 is 1.47 bits per heavy atom. The fourth-order valence-corrected chi connectivity index (χ4v) is 1.92. The predicted octanol–water partition coefficient (Wildman–Crippen LogP) is 1.14. The summed E-state index contributed by atoms with van der Waals surface area (Å²) >= 11 is 0. The minimum atomic E-state index is 0.0912. The molecule has 4 nitrogen and oxygen atoms in total. The van der Waals surface area contributed by atoms with E-state index in [0.717, 1.165) is 23.5 Å². The van der Waals surface area contributed by atoms with E-state index in [1.165, 1.54) is 0 Å². The molecule has 0 fully saturated rings. The van der Waals surface area contributed by atoms with E-state index in [9.17, 15) is 4.79 Å². The lowest BCUT2D eigenvalue weighted by molar-refractivity contribution is 0.0919. The van der Waals surface area contributed by atoms with Crippen LogP contribution in [0.1, 0.15) is 28.7 Å². The lowest BCUT2D eigenvalue weighted by Gasteiger charge is -2.17. The van der Waals surface area contributed by atoms with Crippen LogP contribution in [-0.2, 0) is 7.05 Å². The smallest absolute Gasteiger partial charge is 0.178 e. The van der Waals surface area contributed by atoms with Gasteiger partial charge in [0.05, 0.1) is 13.2 Å². The highest BCUT2D eigenvalue weighted by Gasteiger charge is 2.16. The molecule has 4 heteroatoms. The van der Waals surface area contributed by atoms with Gasteiger partial charge in [-0.25, -0.2) is 0 Å². The van der Waals surface area contributed by atoms with Gasteiger partial charge < -0.3 is 9.67 Å². The molecule has 0 radical (unpaired) electrons. The first-order chi connectivity index (χ1) is 8.01. The van der Waals surface area contributed by atoms with Crippen LogP contribution in [0, 0.1) is 13.8 Å². The summed E-state index contributed by atoms with van der Waals surface area (Å²) in [5.74, 6) is 0.126. The zero-order valence-corrected chi connectivity index (χ0v) is 11.2. The predicted molar refractivity (Wildman–Crippen MR) is 68.4 cm³/mol. The van der Waals surface area contributed by atoms with Crippen molar-refractivity contribution in [2.45, 2.75) is 20.8 Å². The van der Waals surface area contributed by atoms with Crippen LogP contribution in [-0.4, -0.2) is 46.6 Å². The number of aliphatic hydroxyl groups excluding tert-OH is 1. The molecule has 1 heterocycles. The number of carbonyl (C=O) groups excluding carboxylic acids is 1. The van der Waals surface area contributed by atoms with Gasteiger partial charge in [-0.2, -0.15) is 0 Å². The number of ketones is 1. The van der Waals surface area contributed by atoms with E-state index in [1.54, 1.807) is 0 Å². The fraction of sp³-hybridized carbons (Fsp3) is 0.615. The van der Waals surface area contributed by atoms with Gasteiger partial charge in [-0.1, -0.05) is 6.92 Å². The molecule has 1 aromatic heterocycles. The number of aliphatic hydroxyl groups is 1. The normalized spacial score (nSPS) is 11.2. The zero-order valence-electron chi connectivity index (χ0n) is 11.2. The summed E-state index contributed by atoms with van der Waals surface area (Å²) in [6.45, 7) is 7.74. The lowest BCUT2D eigenvalue weighted by atomic mass is 10.1. The van der Waals surface area contributed by atoms with Crippen molar-refractivity contribution >= 4 is 5.78 Å². The van der Waals surface area contributed by atoms with E-state index >= 15 is 0 Å². The molecule has 0 aromatic carbocycles. The molecule has 0 saturated carbocycles. The van der Waals surface area contributed by atoms with E-state index in [-0.39, 0.29) is 12.4 Å². The number of rotatable bonds is 6. The highest BCUT2D eigenvalue weighted by Crippen LogP contribution is 2.14. The van der Waals surface area contributed by atoms with Crippen molar-refractivity contribution in [1.29, 1.82) is 0 Å².